The molecule has 0 saturated heterocycles. The Hall–Kier alpha value is -0.813. The molecule has 0 aliphatic heterocycles. The van der Waals surface area contributed by atoms with E-state index in [4.69, 9.17) is 4.43 Å². The van der Waals surface area contributed by atoms with Crippen LogP contribution in [0.5, 0.6) is 0 Å². The number of hydrogen-bond donors (Lipinski definition) is 0. The lowest BCUT2D eigenvalue weighted by molar-refractivity contribution is -0.137. The Morgan fingerprint density at radius 2 is 1.53 bits per heavy atom. The lowest BCUT2D eigenvalue weighted by Crippen LogP contribution is -2.46. The van der Waals surface area contributed by atoms with Crippen LogP contribution in [0.4, 0.5) is 13.2 Å². The van der Waals surface area contributed by atoms with Crippen LogP contribution in [0.15, 0.2) is 24.3 Å². The van der Waals surface area contributed by atoms with Crippen molar-refractivity contribution in [1.82, 2.24) is 0 Å². The third-order valence-electron chi connectivity index (χ3n) is 2.44. The summed E-state index contributed by atoms with van der Waals surface area (Å²) in [5.41, 5.74) is -0.615. The number of hydrogen-bond acceptors (Lipinski definition) is 1. The van der Waals surface area contributed by atoms with Gasteiger partial charge in [0, 0.05) is 6.10 Å². The van der Waals surface area contributed by atoms with E-state index in [0.29, 0.717) is 0 Å². The molecule has 0 amide bonds. The Morgan fingerprint density at radius 1 is 1.06 bits per heavy atom. The monoisotopic (exact) mass is 262 g/mol. The molecule has 0 aromatic heterocycles. The number of benzene rings is 1. The first-order valence-electron chi connectivity index (χ1n) is 5.48. The second kappa shape index (κ2) is 4.82. The van der Waals surface area contributed by atoms with Gasteiger partial charge in [-0.1, -0.05) is 24.3 Å². The van der Waals surface area contributed by atoms with Crippen LogP contribution in [0, 0.1) is 0 Å². The van der Waals surface area contributed by atoms with Crippen LogP contribution in [0.2, 0.25) is 13.1 Å². The molecule has 0 atom stereocenters. The smallest absolute Gasteiger partial charge is 0.411 e. The van der Waals surface area contributed by atoms with Gasteiger partial charge in [0.2, 0.25) is 8.32 Å². The Labute approximate surface area is 101 Å². The summed E-state index contributed by atoms with van der Waals surface area (Å²) >= 11 is 0. The van der Waals surface area contributed by atoms with Crippen LogP contribution in [-0.4, -0.2) is 14.4 Å². The molecule has 0 saturated carbocycles. The van der Waals surface area contributed by atoms with Crippen molar-refractivity contribution >= 4 is 13.5 Å². The van der Waals surface area contributed by atoms with Crippen molar-refractivity contribution < 1.29 is 17.6 Å². The van der Waals surface area contributed by atoms with Crippen molar-refractivity contribution in [3.63, 3.8) is 0 Å². The zero-order chi connectivity index (χ0) is 13.3. The van der Waals surface area contributed by atoms with Gasteiger partial charge in [-0.05, 0) is 32.1 Å². The van der Waals surface area contributed by atoms with Gasteiger partial charge in [-0.2, -0.15) is 13.2 Å². The minimum atomic E-state index is -4.27. The average Bonchev–Trinajstić information content (AvgIpc) is 2.14. The van der Waals surface area contributed by atoms with Gasteiger partial charge in [-0.25, -0.2) is 0 Å². The fourth-order valence-corrected chi connectivity index (χ4v) is 4.00. The summed E-state index contributed by atoms with van der Waals surface area (Å²) in [6.07, 6.45) is -4.19. The lowest BCUT2D eigenvalue weighted by atomic mass is 10.2. The number of alkyl halides is 3. The average molecular weight is 262 g/mol. The highest BCUT2D eigenvalue weighted by atomic mass is 28.4. The Balaban J connectivity index is 2.94. The molecule has 0 aliphatic rings. The molecule has 0 unspecified atom stereocenters. The molecule has 0 radical (unpaired) electrons. The molecule has 0 spiro atoms. The summed E-state index contributed by atoms with van der Waals surface area (Å²) in [7, 11) is -2.09. The van der Waals surface area contributed by atoms with E-state index in [9.17, 15) is 13.2 Å². The van der Waals surface area contributed by atoms with Gasteiger partial charge in [0.15, 0.2) is 0 Å². The molecular weight excluding hydrogens is 245 g/mol. The van der Waals surface area contributed by atoms with E-state index in [2.05, 4.69) is 0 Å². The van der Waals surface area contributed by atoms with Gasteiger partial charge in [0.05, 0.1) is 5.56 Å². The fourth-order valence-electron chi connectivity index (χ4n) is 1.72. The topological polar surface area (TPSA) is 9.23 Å². The summed E-state index contributed by atoms with van der Waals surface area (Å²) in [5, 5.41) is 0.874. The molecule has 0 N–H and O–H groups in total. The van der Waals surface area contributed by atoms with Gasteiger partial charge in [-0.15, -0.1) is 0 Å². The zero-order valence-corrected chi connectivity index (χ0v) is 11.4. The van der Waals surface area contributed by atoms with E-state index >= 15 is 0 Å². The van der Waals surface area contributed by atoms with Gasteiger partial charge >= 0.3 is 6.18 Å². The Morgan fingerprint density at radius 3 is 1.88 bits per heavy atom. The van der Waals surface area contributed by atoms with Gasteiger partial charge in [0.1, 0.15) is 0 Å². The minimum absolute atomic E-state index is 0.0824. The normalized spacial score (nSPS) is 13.2. The molecule has 17 heavy (non-hydrogen) atoms. The van der Waals surface area contributed by atoms with Gasteiger partial charge in [-0.3, -0.25) is 0 Å². The van der Waals surface area contributed by atoms with Crippen LogP contribution in [0.25, 0.3) is 0 Å². The molecule has 0 fully saturated rings. The first-order valence-corrected chi connectivity index (χ1v) is 8.39. The largest absolute Gasteiger partial charge is 0.416 e. The molecule has 5 heteroatoms. The SMILES string of the molecule is CC(C)O[Si](C)(C)c1ccc(C(F)(F)F)cc1. The van der Waals surface area contributed by atoms with E-state index < -0.39 is 20.1 Å². The third kappa shape index (κ3) is 3.85. The molecule has 1 aromatic carbocycles. The fraction of sp³-hybridized carbons (Fsp3) is 0.500. The van der Waals surface area contributed by atoms with Gasteiger partial charge < -0.3 is 4.43 Å². The summed E-state index contributed by atoms with van der Waals surface area (Å²) in [6.45, 7) is 7.82. The Bertz CT molecular complexity index is 368. The summed E-state index contributed by atoms with van der Waals surface area (Å²) in [4.78, 5) is 0. The maximum atomic E-state index is 12.4. The molecule has 1 rings (SSSR count). The molecular formula is C12H17F3OSi. The van der Waals surface area contributed by atoms with Crippen molar-refractivity contribution in [2.75, 3.05) is 0 Å². The standard InChI is InChI=1S/C12H17F3OSi/c1-9(2)16-17(3,4)11-7-5-10(6-8-11)12(13,14)15/h5-9H,1-4H3. The molecule has 0 bridgehead atoms. The van der Waals surface area contributed by atoms with Crippen molar-refractivity contribution in [2.45, 2.75) is 39.2 Å². The van der Waals surface area contributed by atoms with Crippen LogP contribution in [-0.2, 0) is 10.6 Å². The summed E-state index contributed by atoms with van der Waals surface area (Å²) in [6, 6.07) is 5.29. The zero-order valence-electron chi connectivity index (χ0n) is 10.4. The molecule has 1 nitrogen and oxygen atoms in total. The molecule has 96 valence electrons. The van der Waals surface area contributed by atoms with E-state index in [1.807, 2.05) is 26.9 Å². The van der Waals surface area contributed by atoms with E-state index in [1.165, 1.54) is 12.1 Å². The van der Waals surface area contributed by atoms with E-state index in [-0.39, 0.29) is 6.10 Å². The van der Waals surface area contributed by atoms with E-state index in [1.54, 1.807) is 0 Å². The highest BCUT2D eigenvalue weighted by Gasteiger charge is 2.32. The van der Waals surface area contributed by atoms with E-state index in [0.717, 1.165) is 17.3 Å². The lowest BCUT2D eigenvalue weighted by Gasteiger charge is -2.26. The summed E-state index contributed by atoms with van der Waals surface area (Å²) in [5.74, 6) is 0. The first-order chi connectivity index (χ1) is 7.63. The van der Waals surface area contributed by atoms with Crippen molar-refractivity contribution in [2.24, 2.45) is 0 Å². The molecule has 1 aromatic rings. The summed E-state index contributed by atoms with van der Waals surface area (Å²) < 4.78 is 43.0. The van der Waals surface area contributed by atoms with Crippen LogP contribution >= 0.6 is 0 Å². The van der Waals surface area contributed by atoms with Crippen molar-refractivity contribution in [3.05, 3.63) is 29.8 Å². The maximum Gasteiger partial charge on any atom is 0.416 e. The minimum Gasteiger partial charge on any atom is -0.411 e. The maximum absolute atomic E-state index is 12.4. The number of halogens is 3. The highest BCUT2D eigenvalue weighted by Crippen LogP contribution is 2.28. The van der Waals surface area contributed by atoms with Crippen LogP contribution in [0.3, 0.4) is 0 Å². The van der Waals surface area contributed by atoms with Crippen molar-refractivity contribution in [1.29, 1.82) is 0 Å². The highest BCUT2D eigenvalue weighted by molar-refractivity contribution is 6.84. The quantitative estimate of drug-likeness (QED) is 0.757. The first kappa shape index (κ1) is 14.2. The third-order valence-corrected chi connectivity index (χ3v) is 5.22. The predicted molar refractivity (Wildman–Crippen MR) is 64.8 cm³/mol. The van der Waals surface area contributed by atoms with Crippen molar-refractivity contribution in [3.8, 4) is 0 Å². The second-order valence-corrected chi connectivity index (χ2v) is 8.59. The molecule has 0 heterocycles. The predicted octanol–water partition coefficient (Wildman–Crippen LogP) is 3.54. The number of rotatable bonds is 3. The van der Waals surface area contributed by atoms with Crippen LogP contribution in [0.1, 0.15) is 19.4 Å². The Kier molecular flexibility index (Phi) is 4.04. The second-order valence-electron chi connectivity index (χ2n) is 4.75. The molecule has 0 aliphatic carbocycles. The van der Waals surface area contributed by atoms with Crippen LogP contribution < -0.4 is 5.19 Å². The van der Waals surface area contributed by atoms with Gasteiger partial charge in [0.25, 0.3) is 0 Å².